The third-order valence-corrected chi connectivity index (χ3v) is 3.65. The zero-order valence-corrected chi connectivity index (χ0v) is 15.3. The van der Waals surface area contributed by atoms with Crippen molar-refractivity contribution in [2.24, 2.45) is 5.92 Å². The van der Waals surface area contributed by atoms with Gasteiger partial charge in [-0.25, -0.2) is 4.39 Å². The van der Waals surface area contributed by atoms with E-state index in [1.165, 1.54) is 13.2 Å². The fourth-order valence-electron chi connectivity index (χ4n) is 2.56. The second-order valence-corrected chi connectivity index (χ2v) is 5.05. The smallest absolute Gasteiger partial charge is 0.419 e. The summed E-state index contributed by atoms with van der Waals surface area (Å²) in [6, 6.07) is 2.90. The standard InChI is InChI=1S/C14H15F4NO2.2C2H6/c1-21-13(20)10-4-9(6-19-7-10)8-2-3-11(12(15)5-8)14(16,17)18;2*1-2/h2-3,5,9-10,19H,4,6-7H2,1H3;2*1-2H3. The quantitative estimate of drug-likeness (QED) is 0.606. The SMILES string of the molecule is CC.CC.COC(=O)C1CNCC(c2ccc(C(F)(F)F)c(F)c2)C1. The maximum Gasteiger partial charge on any atom is 0.419 e. The van der Waals surface area contributed by atoms with Crippen molar-refractivity contribution >= 4 is 5.97 Å². The van der Waals surface area contributed by atoms with E-state index in [-0.39, 0.29) is 17.8 Å². The first-order valence-corrected chi connectivity index (χ1v) is 8.48. The first-order valence-electron chi connectivity index (χ1n) is 8.48. The largest absolute Gasteiger partial charge is 0.469 e. The highest BCUT2D eigenvalue weighted by atomic mass is 19.4. The molecule has 1 saturated heterocycles. The summed E-state index contributed by atoms with van der Waals surface area (Å²) in [4.78, 5) is 11.5. The van der Waals surface area contributed by atoms with Crippen molar-refractivity contribution in [3.8, 4) is 0 Å². The van der Waals surface area contributed by atoms with E-state index in [2.05, 4.69) is 10.1 Å². The maximum atomic E-state index is 13.6. The molecule has 0 spiro atoms. The number of halogens is 4. The summed E-state index contributed by atoms with van der Waals surface area (Å²) in [5.74, 6) is -2.27. The molecule has 0 amide bonds. The van der Waals surface area contributed by atoms with E-state index in [0.717, 1.165) is 12.1 Å². The van der Waals surface area contributed by atoms with Gasteiger partial charge in [-0.15, -0.1) is 0 Å². The lowest BCUT2D eigenvalue weighted by Crippen LogP contribution is -2.39. The third kappa shape index (κ3) is 6.65. The molecule has 0 aliphatic carbocycles. The van der Waals surface area contributed by atoms with Crippen molar-refractivity contribution < 1.29 is 27.1 Å². The molecule has 1 N–H and O–H groups in total. The summed E-state index contributed by atoms with van der Waals surface area (Å²) in [7, 11) is 1.28. The van der Waals surface area contributed by atoms with Gasteiger partial charge in [-0.05, 0) is 30.0 Å². The molecular formula is C18H27F4NO2. The van der Waals surface area contributed by atoms with Crippen LogP contribution < -0.4 is 5.32 Å². The van der Waals surface area contributed by atoms with Crippen LogP contribution in [0.5, 0.6) is 0 Å². The molecule has 1 fully saturated rings. The van der Waals surface area contributed by atoms with E-state index in [1.54, 1.807) is 0 Å². The van der Waals surface area contributed by atoms with Gasteiger partial charge in [0.1, 0.15) is 5.82 Å². The molecule has 0 saturated carbocycles. The van der Waals surface area contributed by atoms with Gasteiger partial charge in [0, 0.05) is 13.1 Å². The summed E-state index contributed by atoms with van der Waals surface area (Å²) >= 11 is 0. The number of nitrogens with one attached hydrogen (secondary N) is 1. The molecule has 1 aromatic carbocycles. The number of carbonyl (C=O) groups is 1. The zero-order chi connectivity index (χ0) is 19.6. The summed E-state index contributed by atoms with van der Waals surface area (Å²) in [5.41, 5.74) is -0.832. The van der Waals surface area contributed by atoms with Crippen molar-refractivity contribution in [1.82, 2.24) is 5.32 Å². The average molecular weight is 365 g/mol. The topological polar surface area (TPSA) is 38.3 Å². The van der Waals surface area contributed by atoms with Crippen molar-refractivity contribution in [3.63, 3.8) is 0 Å². The number of methoxy groups -OCH3 is 1. The number of ether oxygens (including phenoxy) is 1. The average Bonchev–Trinajstić information content (AvgIpc) is 2.63. The number of hydrogen-bond acceptors (Lipinski definition) is 3. The Bertz CT molecular complexity index is 532. The second-order valence-electron chi connectivity index (χ2n) is 5.05. The van der Waals surface area contributed by atoms with Gasteiger partial charge in [0.2, 0.25) is 0 Å². The molecule has 7 heteroatoms. The Morgan fingerprint density at radius 2 is 1.76 bits per heavy atom. The predicted molar refractivity (Wildman–Crippen MR) is 89.8 cm³/mol. The minimum atomic E-state index is -4.71. The lowest BCUT2D eigenvalue weighted by atomic mass is 9.85. The second kappa shape index (κ2) is 11.1. The van der Waals surface area contributed by atoms with Crippen LogP contribution in [0.3, 0.4) is 0 Å². The van der Waals surface area contributed by atoms with Crippen molar-refractivity contribution in [2.45, 2.75) is 46.2 Å². The first-order chi connectivity index (χ1) is 11.8. The van der Waals surface area contributed by atoms with Crippen LogP contribution in [-0.4, -0.2) is 26.2 Å². The number of benzene rings is 1. The third-order valence-electron chi connectivity index (χ3n) is 3.65. The first kappa shape index (κ1) is 23.4. The minimum absolute atomic E-state index is 0.223. The molecule has 144 valence electrons. The normalized spacial score (nSPS) is 19.7. The lowest BCUT2D eigenvalue weighted by molar-refractivity contribution is -0.146. The van der Waals surface area contributed by atoms with Crippen LogP contribution >= 0.6 is 0 Å². The van der Waals surface area contributed by atoms with Crippen LogP contribution in [0.2, 0.25) is 0 Å². The van der Waals surface area contributed by atoms with E-state index in [0.29, 0.717) is 25.1 Å². The molecule has 25 heavy (non-hydrogen) atoms. The van der Waals surface area contributed by atoms with Crippen LogP contribution in [0.15, 0.2) is 18.2 Å². The number of piperidine rings is 1. The van der Waals surface area contributed by atoms with Crippen LogP contribution in [-0.2, 0) is 15.7 Å². The van der Waals surface area contributed by atoms with Crippen LogP contribution in [0.4, 0.5) is 17.6 Å². The van der Waals surface area contributed by atoms with Crippen molar-refractivity contribution in [2.75, 3.05) is 20.2 Å². The zero-order valence-electron chi connectivity index (χ0n) is 15.3. The number of carbonyl (C=O) groups excluding carboxylic acids is 1. The van der Waals surface area contributed by atoms with Gasteiger partial charge >= 0.3 is 12.1 Å². The molecule has 3 nitrogen and oxygen atoms in total. The van der Waals surface area contributed by atoms with Gasteiger partial charge in [-0.1, -0.05) is 33.8 Å². The molecule has 1 aliphatic rings. The molecule has 2 rings (SSSR count). The molecule has 2 atom stereocenters. The highest BCUT2D eigenvalue weighted by molar-refractivity contribution is 5.72. The number of rotatable bonds is 2. The van der Waals surface area contributed by atoms with Crippen molar-refractivity contribution in [1.29, 1.82) is 0 Å². The van der Waals surface area contributed by atoms with Gasteiger partial charge in [0.25, 0.3) is 0 Å². The van der Waals surface area contributed by atoms with Crippen molar-refractivity contribution in [3.05, 3.63) is 35.1 Å². The van der Waals surface area contributed by atoms with Gasteiger partial charge in [-0.3, -0.25) is 4.79 Å². The van der Waals surface area contributed by atoms with Crippen LogP contribution in [0.25, 0.3) is 0 Å². The Balaban J connectivity index is 0.00000134. The van der Waals surface area contributed by atoms with Gasteiger partial charge in [-0.2, -0.15) is 13.2 Å². The predicted octanol–water partition coefficient (Wildman–Crippen LogP) is 4.76. The number of alkyl halides is 3. The van der Waals surface area contributed by atoms with E-state index < -0.39 is 17.6 Å². The van der Waals surface area contributed by atoms with Crippen LogP contribution in [0.1, 0.15) is 51.2 Å². The monoisotopic (exact) mass is 365 g/mol. The highest BCUT2D eigenvalue weighted by Crippen LogP contribution is 2.34. The number of hydrogen-bond donors (Lipinski definition) is 1. The summed E-state index contributed by atoms with van der Waals surface area (Å²) in [6.45, 7) is 8.94. The fourth-order valence-corrected chi connectivity index (χ4v) is 2.56. The fraction of sp³-hybridized carbons (Fsp3) is 0.611. The van der Waals surface area contributed by atoms with Gasteiger partial charge in [0.05, 0.1) is 18.6 Å². The van der Waals surface area contributed by atoms with E-state index in [4.69, 9.17) is 0 Å². The Kier molecular flexibility index (Phi) is 10.4. The van der Waals surface area contributed by atoms with E-state index >= 15 is 0 Å². The summed E-state index contributed by atoms with van der Waals surface area (Å²) in [6.07, 6.45) is -4.29. The Labute approximate surface area is 146 Å². The molecule has 1 heterocycles. The summed E-state index contributed by atoms with van der Waals surface area (Å²) in [5, 5.41) is 3.02. The van der Waals surface area contributed by atoms with Gasteiger partial charge in [0.15, 0.2) is 0 Å². The Morgan fingerprint density at radius 3 is 2.24 bits per heavy atom. The molecule has 0 radical (unpaired) electrons. The molecule has 1 aliphatic heterocycles. The van der Waals surface area contributed by atoms with Crippen LogP contribution in [0, 0.1) is 11.7 Å². The molecule has 0 bridgehead atoms. The minimum Gasteiger partial charge on any atom is -0.469 e. The molecule has 0 aromatic heterocycles. The number of esters is 1. The lowest BCUT2D eigenvalue weighted by Gasteiger charge is -2.29. The van der Waals surface area contributed by atoms with E-state index in [9.17, 15) is 22.4 Å². The van der Waals surface area contributed by atoms with E-state index in [1.807, 2.05) is 27.7 Å². The molecule has 1 aromatic rings. The Morgan fingerprint density at radius 1 is 1.16 bits per heavy atom. The maximum absolute atomic E-state index is 13.6. The van der Waals surface area contributed by atoms with Gasteiger partial charge < -0.3 is 10.1 Å². The molecule has 2 unspecified atom stereocenters. The molecular weight excluding hydrogens is 338 g/mol. The Hall–Kier alpha value is -1.63. The highest BCUT2D eigenvalue weighted by Gasteiger charge is 2.35. The summed E-state index contributed by atoms with van der Waals surface area (Å²) < 4.78 is 55.8.